The van der Waals surface area contributed by atoms with Crippen LogP contribution in [0.1, 0.15) is 24.8 Å². The number of phenolic OH excluding ortho intramolecular Hbond substituents is 1. The molecule has 5 heteroatoms. The molecule has 0 bridgehead atoms. The van der Waals surface area contributed by atoms with Crippen molar-refractivity contribution in [3.8, 4) is 17.2 Å². The first-order chi connectivity index (χ1) is 10.2. The maximum Gasteiger partial charge on any atom is 0.200 e. The van der Waals surface area contributed by atoms with Crippen LogP contribution in [0.2, 0.25) is 0 Å². The van der Waals surface area contributed by atoms with E-state index in [-0.39, 0.29) is 12.4 Å². The van der Waals surface area contributed by atoms with Crippen molar-refractivity contribution in [3.05, 3.63) is 17.7 Å². The molecule has 0 spiro atoms. The Labute approximate surface area is 125 Å². The van der Waals surface area contributed by atoms with Gasteiger partial charge < -0.3 is 25.0 Å². The minimum Gasteiger partial charge on any atom is -0.502 e. The summed E-state index contributed by atoms with van der Waals surface area (Å²) in [5, 5.41) is 22.6. The number of nitrogens with one attached hydrogen (secondary N) is 1. The number of methoxy groups -OCH3 is 2. The number of phenols is 1. The van der Waals surface area contributed by atoms with Crippen LogP contribution in [0.15, 0.2) is 12.1 Å². The lowest BCUT2D eigenvalue weighted by molar-refractivity contribution is 0.192. The second-order valence-electron chi connectivity index (χ2n) is 5.61. The molecule has 0 aromatic heterocycles. The Bertz CT molecular complexity index is 439. The SMILES string of the molecule is COc1cc(CNCC2CCCC2CO)cc(OC)c1O. The van der Waals surface area contributed by atoms with Crippen molar-refractivity contribution < 1.29 is 19.7 Å². The molecule has 1 aromatic rings. The molecule has 0 amide bonds. The highest BCUT2D eigenvalue weighted by Crippen LogP contribution is 2.37. The lowest BCUT2D eigenvalue weighted by atomic mass is 9.97. The van der Waals surface area contributed by atoms with Crippen LogP contribution < -0.4 is 14.8 Å². The summed E-state index contributed by atoms with van der Waals surface area (Å²) in [6, 6.07) is 3.62. The summed E-state index contributed by atoms with van der Waals surface area (Å²) in [7, 11) is 3.05. The Hall–Kier alpha value is -1.46. The Morgan fingerprint density at radius 3 is 2.33 bits per heavy atom. The molecule has 2 unspecified atom stereocenters. The molecule has 1 fully saturated rings. The molecule has 1 aromatic carbocycles. The van der Waals surface area contributed by atoms with E-state index in [1.165, 1.54) is 27.1 Å². The average Bonchev–Trinajstić information content (AvgIpc) is 2.96. The second kappa shape index (κ2) is 7.52. The zero-order valence-electron chi connectivity index (χ0n) is 12.8. The largest absolute Gasteiger partial charge is 0.502 e. The number of hydrogen-bond acceptors (Lipinski definition) is 5. The van der Waals surface area contributed by atoms with E-state index in [1.807, 2.05) is 12.1 Å². The van der Waals surface area contributed by atoms with Gasteiger partial charge in [0.2, 0.25) is 5.75 Å². The first-order valence-corrected chi connectivity index (χ1v) is 7.45. The lowest BCUT2D eigenvalue weighted by Crippen LogP contribution is -2.26. The van der Waals surface area contributed by atoms with Gasteiger partial charge in [0.25, 0.3) is 0 Å². The average molecular weight is 295 g/mol. The number of aliphatic hydroxyl groups excluding tert-OH is 1. The fourth-order valence-electron chi connectivity index (χ4n) is 3.07. The minimum absolute atomic E-state index is 0.0277. The van der Waals surface area contributed by atoms with Crippen molar-refractivity contribution >= 4 is 0 Å². The molecular weight excluding hydrogens is 270 g/mol. The lowest BCUT2D eigenvalue weighted by Gasteiger charge is -2.18. The van der Waals surface area contributed by atoms with E-state index in [4.69, 9.17) is 9.47 Å². The van der Waals surface area contributed by atoms with Crippen molar-refractivity contribution in [2.75, 3.05) is 27.4 Å². The van der Waals surface area contributed by atoms with Crippen LogP contribution in [0.4, 0.5) is 0 Å². The highest BCUT2D eigenvalue weighted by molar-refractivity contribution is 5.52. The number of benzene rings is 1. The normalized spacial score (nSPS) is 21.5. The quantitative estimate of drug-likeness (QED) is 0.717. The molecule has 1 aliphatic rings. The van der Waals surface area contributed by atoms with Crippen LogP contribution in [-0.4, -0.2) is 37.6 Å². The van der Waals surface area contributed by atoms with Crippen molar-refractivity contribution in [3.63, 3.8) is 0 Å². The predicted molar refractivity (Wildman–Crippen MR) is 80.8 cm³/mol. The van der Waals surface area contributed by atoms with Crippen molar-refractivity contribution in [2.45, 2.75) is 25.8 Å². The molecule has 0 heterocycles. The van der Waals surface area contributed by atoms with Gasteiger partial charge in [0, 0.05) is 13.2 Å². The van der Waals surface area contributed by atoms with Gasteiger partial charge in [0.15, 0.2) is 11.5 Å². The van der Waals surface area contributed by atoms with E-state index in [2.05, 4.69) is 5.32 Å². The molecule has 1 aliphatic carbocycles. The monoisotopic (exact) mass is 295 g/mol. The molecule has 2 atom stereocenters. The zero-order valence-corrected chi connectivity index (χ0v) is 12.8. The van der Waals surface area contributed by atoms with Crippen molar-refractivity contribution in [1.82, 2.24) is 5.32 Å². The van der Waals surface area contributed by atoms with E-state index in [9.17, 15) is 10.2 Å². The first kappa shape index (κ1) is 15.9. The Morgan fingerprint density at radius 2 is 1.76 bits per heavy atom. The van der Waals surface area contributed by atoms with Crippen molar-refractivity contribution in [2.24, 2.45) is 11.8 Å². The summed E-state index contributed by atoms with van der Waals surface area (Å²) < 4.78 is 10.3. The maximum absolute atomic E-state index is 9.88. The van der Waals surface area contributed by atoms with Gasteiger partial charge in [-0.05, 0) is 48.9 Å². The molecule has 2 rings (SSSR count). The van der Waals surface area contributed by atoms with Crippen LogP contribution in [0.5, 0.6) is 17.2 Å². The standard InChI is InChI=1S/C16H25NO4/c1-20-14-6-11(7-15(21-2)16(14)19)8-17-9-12-4-3-5-13(12)10-18/h6-7,12-13,17-19H,3-5,8-10H2,1-2H3. The molecule has 1 saturated carbocycles. The van der Waals surface area contributed by atoms with Crippen LogP contribution in [0.25, 0.3) is 0 Å². The molecule has 3 N–H and O–H groups in total. The van der Waals surface area contributed by atoms with E-state index >= 15 is 0 Å². The molecule has 5 nitrogen and oxygen atoms in total. The molecule has 118 valence electrons. The minimum atomic E-state index is 0.0277. The first-order valence-electron chi connectivity index (χ1n) is 7.45. The number of hydrogen-bond donors (Lipinski definition) is 3. The summed E-state index contributed by atoms with van der Waals surface area (Å²) in [5.74, 6) is 1.85. The molecule has 0 radical (unpaired) electrons. The fraction of sp³-hybridized carbons (Fsp3) is 0.625. The number of rotatable bonds is 7. The maximum atomic E-state index is 9.88. The Kier molecular flexibility index (Phi) is 5.70. The van der Waals surface area contributed by atoms with E-state index in [0.29, 0.717) is 29.9 Å². The Morgan fingerprint density at radius 1 is 1.14 bits per heavy atom. The summed E-state index contributed by atoms with van der Waals surface area (Å²) in [6.07, 6.45) is 3.52. The van der Waals surface area contributed by atoms with E-state index in [0.717, 1.165) is 18.5 Å². The molecular formula is C16H25NO4. The third-order valence-corrected chi connectivity index (χ3v) is 4.33. The number of aliphatic hydroxyl groups is 1. The van der Waals surface area contributed by atoms with Gasteiger partial charge in [0.05, 0.1) is 14.2 Å². The third-order valence-electron chi connectivity index (χ3n) is 4.33. The second-order valence-corrected chi connectivity index (χ2v) is 5.61. The highest BCUT2D eigenvalue weighted by Gasteiger charge is 2.25. The van der Waals surface area contributed by atoms with Crippen LogP contribution >= 0.6 is 0 Å². The zero-order chi connectivity index (χ0) is 15.2. The highest BCUT2D eigenvalue weighted by atomic mass is 16.5. The van der Waals surface area contributed by atoms with E-state index < -0.39 is 0 Å². The third kappa shape index (κ3) is 3.80. The van der Waals surface area contributed by atoms with Crippen LogP contribution in [0, 0.1) is 11.8 Å². The summed E-state index contributed by atoms with van der Waals surface area (Å²) in [5.41, 5.74) is 1.00. The van der Waals surface area contributed by atoms with E-state index in [1.54, 1.807) is 0 Å². The van der Waals surface area contributed by atoms with Gasteiger partial charge in [-0.25, -0.2) is 0 Å². The van der Waals surface area contributed by atoms with Crippen LogP contribution in [-0.2, 0) is 6.54 Å². The fourth-order valence-corrected chi connectivity index (χ4v) is 3.07. The van der Waals surface area contributed by atoms with Crippen LogP contribution in [0.3, 0.4) is 0 Å². The summed E-state index contributed by atoms with van der Waals surface area (Å²) in [6.45, 7) is 1.87. The predicted octanol–water partition coefficient (Wildman–Crippen LogP) is 1.91. The Balaban J connectivity index is 1.94. The number of ether oxygens (including phenoxy) is 2. The molecule has 21 heavy (non-hydrogen) atoms. The summed E-state index contributed by atoms with van der Waals surface area (Å²) >= 11 is 0. The van der Waals surface area contributed by atoms with Crippen molar-refractivity contribution in [1.29, 1.82) is 0 Å². The smallest absolute Gasteiger partial charge is 0.200 e. The molecule has 0 aliphatic heterocycles. The topological polar surface area (TPSA) is 71.0 Å². The number of aromatic hydroxyl groups is 1. The van der Waals surface area contributed by atoms with Gasteiger partial charge in [-0.1, -0.05) is 6.42 Å². The van der Waals surface area contributed by atoms with Gasteiger partial charge in [-0.15, -0.1) is 0 Å². The van der Waals surface area contributed by atoms with Gasteiger partial charge in [-0.2, -0.15) is 0 Å². The molecule has 0 saturated heterocycles. The van der Waals surface area contributed by atoms with Gasteiger partial charge in [0.1, 0.15) is 0 Å². The van der Waals surface area contributed by atoms with Gasteiger partial charge in [-0.3, -0.25) is 0 Å². The van der Waals surface area contributed by atoms with Gasteiger partial charge >= 0.3 is 0 Å². The summed E-state index contributed by atoms with van der Waals surface area (Å²) in [4.78, 5) is 0.